The van der Waals surface area contributed by atoms with E-state index < -0.39 is 13.0 Å². The van der Waals surface area contributed by atoms with Crippen molar-refractivity contribution in [2.45, 2.75) is 38.7 Å². The summed E-state index contributed by atoms with van der Waals surface area (Å²) in [6.07, 6.45) is 0.130. The number of hydrogen-bond acceptors (Lipinski definition) is 2. The molecule has 88 valence electrons. The zero-order chi connectivity index (χ0) is 11.5. The molecule has 15 heavy (non-hydrogen) atoms. The smallest absolute Gasteiger partial charge is 0.261 e. The Morgan fingerprint density at radius 1 is 1.33 bits per heavy atom. The zero-order valence-corrected chi connectivity index (χ0v) is 9.35. The summed E-state index contributed by atoms with van der Waals surface area (Å²) in [6.45, 7) is 1.71. The minimum atomic E-state index is -2.37. The van der Waals surface area contributed by atoms with Gasteiger partial charge in [-0.15, -0.1) is 11.8 Å². The fourth-order valence-corrected chi connectivity index (χ4v) is 1.20. The predicted octanol–water partition coefficient (Wildman–Crippen LogP) is 2.05. The van der Waals surface area contributed by atoms with E-state index in [1.165, 1.54) is 0 Å². The summed E-state index contributed by atoms with van der Waals surface area (Å²) in [5.74, 6) is 5.79. The predicted molar refractivity (Wildman–Crippen MR) is 57.0 cm³/mol. The van der Waals surface area contributed by atoms with Gasteiger partial charge in [-0.25, -0.2) is 8.78 Å². The van der Waals surface area contributed by atoms with E-state index in [0.717, 1.165) is 19.3 Å². The highest BCUT2D eigenvalue weighted by Crippen LogP contribution is 2.02. The van der Waals surface area contributed by atoms with Crippen LogP contribution in [0.5, 0.6) is 0 Å². The van der Waals surface area contributed by atoms with Gasteiger partial charge >= 0.3 is 0 Å². The van der Waals surface area contributed by atoms with E-state index in [0.29, 0.717) is 12.6 Å². The Morgan fingerprint density at radius 2 is 2.07 bits per heavy atom. The monoisotopic (exact) mass is 219 g/mol. The SMILES string of the molecule is CC#CCCC(CCOCC(F)F)NC. The van der Waals surface area contributed by atoms with Gasteiger partial charge in [-0.05, 0) is 26.8 Å². The largest absolute Gasteiger partial charge is 0.375 e. The van der Waals surface area contributed by atoms with E-state index in [1.807, 2.05) is 7.05 Å². The van der Waals surface area contributed by atoms with Crippen LogP contribution in [0.1, 0.15) is 26.2 Å². The second kappa shape index (κ2) is 9.88. The maximum Gasteiger partial charge on any atom is 0.261 e. The molecule has 0 radical (unpaired) electrons. The second-order valence-corrected chi connectivity index (χ2v) is 3.21. The molecular formula is C11H19F2NO. The first-order valence-corrected chi connectivity index (χ1v) is 5.13. The highest BCUT2D eigenvalue weighted by atomic mass is 19.3. The molecule has 0 aromatic heterocycles. The van der Waals surface area contributed by atoms with Crippen LogP contribution in [0.3, 0.4) is 0 Å². The molecule has 0 aromatic rings. The van der Waals surface area contributed by atoms with Crippen LogP contribution in [0.25, 0.3) is 0 Å². The lowest BCUT2D eigenvalue weighted by Crippen LogP contribution is -2.26. The van der Waals surface area contributed by atoms with Gasteiger partial charge in [0.05, 0.1) is 0 Å². The van der Waals surface area contributed by atoms with E-state index in [2.05, 4.69) is 17.2 Å². The summed E-state index contributed by atoms with van der Waals surface area (Å²) in [6, 6.07) is 0.295. The van der Waals surface area contributed by atoms with Crippen LogP contribution in [0.15, 0.2) is 0 Å². The summed E-state index contributed by atoms with van der Waals surface area (Å²) in [5.41, 5.74) is 0. The van der Waals surface area contributed by atoms with Gasteiger partial charge in [0.2, 0.25) is 0 Å². The molecule has 0 aromatic carbocycles. The summed E-state index contributed by atoms with van der Waals surface area (Å²) in [4.78, 5) is 0. The standard InChI is InChI=1S/C11H19F2NO/c1-3-4-5-6-10(14-2)7-8-15-9-11(12)13/h10-11,14H,5-9H2,1-2H3. The Hall–Kier alpha value is -0.660. The molecule has 1 atom stereocenters. The molecule has 0 rings (SSSR count). The number of alkyl halides is 2. The highest BCUT2D eigenvalue weighted by Gasteiger charge is 2.06. The van der Waals surface area contributed by atoms with Crippen molar-refractivity contribution in [1.29, 1.82) is 0 Å². The molecule has 1 unspecified atom stereocenters. The number of hydrogen-bond donors (Lipinski definition) is 1. The minimum Gasteiger partial charge on any atom is -0.375 e. The van der Waals surface area contributed by atoms with Crippen molar-refractivity contribution in [1.82, 2.24) is 5.32 Å². The van der Waals surface area contributed by atoms with Crippen molar-refractivity contribution < 1.29 is 13.5 Å². The van der Waals surface area contributed by atoms with Crippen molar-refractivity contribution in [3.05, 3.63) is 0 Å². The number of nitrogens with one attached hydrogen (secondary N) is 1. The van der Waals surface area contributed by atoms with Crippen LogP contribution in [-0.4, -0.2) is 32.7 Å². The average molecular weight is 219 g/mol. The Bertz CT molecular complexity index is 198. The molecule has 0 fully saturated rings. The Balaban J connectivity index is 3.46. The van der Waals surface area contributed by atoms with E-state index in [1.54, 1.807) is 6.92 Å². The van der Waals surface area contributed by atoms with Crippen LogP contribution in [0.2, 0.25) is 0 Å². The van der Waals surface area contributed by atoms with Crippen LogP contribution < -0.4 is 5.32 Å². The van der Waals surface area contributed by atoms with Crippen molar-refractivity contribution in [3.63, 3.8) is 0 Å². The molecular weight excluding hydrogens is 200 g/mol. The summed E-state index contributed by atoms with van der Waals surface area (Å²) >= 11 is 0. The Morgan fingerprint density at radius 3 is 2.60 bits per heavy atom. The maximum atomic E-state index is 11.7. The lowest BCUT2D eigenvalue weighted by atomic mass is 10.1. The molecule has 0 amide bonds. The van der Waals surface area contributed by atoms with Crippen molar-refractivity contribution in [3.8, 4) is 11.8 Å². The van der Waals surface area contributed by atoms with Gasteiger partial charge in [-0.1, -0.05) is 0 Å². The van der Waals surface area contributed by atoms with E-state index in [9.17, 15) is 8.78 Å². The van der Waals surface area contributed by atoms with Gasteiger partial charge in [0, 0.05) is 19.1 Å². The first-order valence-electron chi connectivity index (χ1n) is 5.13. The molecule has 0 saturated carbocycles. The molecule has 0 saturated heterocycles. The fraction of sp³-hybridized carbons (Fsp3) is 0.818. The molecule has 0 spiro atoms. The van der Waals surface area contributed by atoms with Gasteiger partial charge in [0.25, 0.3) is 6.43 Å². The third-order valence-corrected chi connectivity index (χ3v) is 2.06. The average Bonchev–Trinajstić information content (AvgIpc) is 2.21. The molecule has 0 heterocycles. The number of halogens is 2. The number of rotatable bonds is 8. The van der Waals surface area contributed by atoms with E-state index in [-0.39, 0.29) is 0 Å². The van der Waals surface area contributed by atoms with Crippen molar-refractivity contribution in [2.24, 2.45) is 0 Å². The normalized spacial score (nSPS) is 12.3. The van der Waals surface area contributed by atoms with Crippen molar-refractivity contribution >= 4 is 0 Å². The molecule has 0 aliphatic heterocycles. The highest BCUT2D eigenvalue weighted by molar-refractivity contribution is 4.95. The second-order valence-electron chi connectivity index (χ2n) is 3.21. The third-order valence-electron chi connectivity index (χ3n) is 2.06. The summed E-state index contributed by atoms with van der Waals surface area (Å²) in [7, 11) is 1.86. The zero-order valence-electron chi connectivity index (χ0n) is 9.35. The van der Waals surface area contributed by atoms with Gasteiger partial charge in [-0.3, -0.25) is 0 Å². The number of ether oxygens (including phenoxy) is 1. The maximum absolute atomic E-state index is 11.7. The summed E-state index contributed by atoms with van der Waals surface area (Å²) < 4.78 is 28.3. The molecule has 4 heteroatoms. The van der Waals surface area contributed by atoms with Gasteiger partial charge in [0.15, 0.2) is 0 Å². The Labute approximate surface area is 90.4 Å². The first-order chi connectivity index (χ1) is 7.20. The first kappa shape index (κ1) is 14.3. The van der Waals surface area contributed by atoms with Gasteiger partial charge in [-0.2, -0.15) is 0 Å². The minimum absolute atomic E-state index is 0.295. The Kier molecular flexibility index (Phi) is 9.44. The van der Waals surface area contributed by atoms with Crippen LogP contribution in [0, 0.1) is 11.8 Å². The fourth-order valence-electron chi connectivity index (χ4n) is 1.20. The van der Waals surface area contributed by atoms with Crippen LogP contribution in [0.4, 0.5) is 8.78 Å². The topological polar surface area (TPSA) is 21.3 Å². The quantitative estimate of drug-likeness (QED) is 0.498. The van der Waals surface area contributed by atoms with Crippen LogP contribution >= 0.6 is 0 Å². The van der Waals surface area contributed by atoms with Gasteiger partial charge in [0.1, 0.15) is 6.61 Å². The molecule has 2 nitrogen and oxygen atoms in total. The van der Waals surface area contributed by atoms with E-state index in [4.69, 9.17) is 4.74 Å². The van der Waals surface area contributed by atoms with E-state index >= 15 is 0 Å². The van der Waals surface area contributed by atoms with Gasteiger partial charge < -0.3 is 10.1 Å². The third kappa shape index (κ3) is 9.64. The lowest BCUT2D eigenvalue weighted by molar-refractivity contribution is 0.0144. The molecule has 0 aliphatic rings. The van der Waals surface area contributed by atoms with Crippen LogP contribution in [-0.2, 0) is 4.74 Å². The summed E-state index contributed by atoms with van der Waals surface area (Å²) in [5, 5.41) is 3.11. The lowest BCUT2D eigenvalue weighted by Gasteiger charge is -2.14. The molecule has 0 bridgehead atoms. The molecule has 1 N–H and O–H groups in total. The molecule has 0 aliphatic carbocycles. The van der Waals surface area contributed by atoms with Crippen molar-refractivity contribution in [2.75, 3.05) is 20.3 Å².